The van der Waals surface area contributed by atoms with Crippen molar-refractivity contribution in [1.82, 2.24) is 4.98 Å². The van der Waals surface area contributed by atoms with E-state index in [9.17, 15) is 0 Å². The normalized spacial score (nSPS) is 19.3. The first kappa shape index (κ1) is 19.3. The second-order valence-electron chi connectivity index (χ2n) is 8.08. The Hall–Kier alpha value is -2.72. The maximum absolute atomic E-state index is 6.16. The fourth-order valence-electron chi connectivity index (χ4n) is 4.71. The van der Waals surface area contributed by atoms with Crippen LogP contribution in [0.25, 0.3) is 0 Å². The Bertz CT molecular complexity index is 971. The van der Waals surface area contributed by atoms with Crippen molar-refractivity contribution in [3.8, 4) is 5.75 Å². The number of fused-ring (bicyclic) bond motifs is 1. The number of para-hydroxylation sites is 2. The van der Waals surface area contributed by atoms with Crippen molar-refractivity contribution >= 4 is 23.1 Å². The zero-order chi connectivity index (χ0) is 20.3. The number of halogens is 1. The van der Waals surface area contributed by atoms with Gasteiger partial charge in [-0.2, -0.15) is 0 Å². The van der Waals surface area contributed by atoms with E-state index in [0.29, 0.717) is 18.7 Å². The van der Waals surface area contributed by atoms with Crippen molar-refractivity contribution in [2.75, 3.05) is 29.5 Å². The van der Waals surface area contributed by atoms with Gasteiger partial charge in [-0.15, -0.1) is 0 Å². The SMILES string of the molecule is Clc1ccc(CC2COc3ccccc3N2C2CCN(c3ccccn3)CC2)cc1. The second kappa shape index (κ2) is 8.57. The van der Waals surface area contributed by atoms with Crippen LogP contribution in [0.5, 0.6) is 5.75 Å². The van der Waals surface area contributed by atoms with Crippen LogP contribution in [0, 0.1) is 0 Å². The molecule has 0 amide bonds. The smallest absolute Gasteiger partial charge is 0.142 e. The molecule has 0 saturated carbocycles. The van der Waals surface area contributed by atoms with Gasteiger partial charge in [-0.1, -0.05) is 41.9 Å². The first-order valence-electron chi connectivity index (χ1n) is 10.7. The molecule has 0 bridgehead atoms. The minimum atomic E-state index is 0.312. The Balaban J connectivity index is 1.37. The van der Waals surface area contributed by atoms with Crippen molar-refractivity contribution in [3.05, 3.63) is 83.5 Å². The third-order valence-corrected chi connectivity index (χ3v) is 6.44. The Labute approximate surface area is 183 Å². The van der Waals surface area contributed by atoms with Crippen molar-refractivity contribution < 1.29 is 4.74 Å². The average Bonchev–Trinajstić information content (AvgIpc) is 2.81. The molecular weight excluding hydrogens is 394 g/mol. The van der Waals surface area contributed by atoms with Gasteiger partial charge in [0, 0.05) is 30.4 Å². The monoisotopic (exact) mass is 419 g/mol. The molecule has 0 radical (unpaired) electrons. The predicted octanol–water partition coefficient (Wildman–Crippen LogP) is 5.21. The van der Waals surface area contributed by atoms with Crippen LogP contribution in [-0.2, 0) is 6.42 Å². The molecule has 1 aromatic heterocycles. The number of pyridine rings is 1. The summed E-state index contributed by atoms with van der Waals surface area (Å²) in [5, 5.41) is 0.780. The van der Waals surface area contributed by atoms with E-state index in [1.54, 1.807) is 0 Å². The lowest BCUT2D eigenvalue weighted by atomic mass is 9.95. The number of benzene rings is 2. The van der Waals surface area contributed by atoms with Gasteiger partial charge in [0.1, 0.15) is 18.2 Å². The molecule has 2 aliphatic rings. The number of ether oxygens (including phenoxy) is 1. The predicted molar refractivity (Wildman–Crippen MR) is 123 cm³/mol. The van der Waals surface area contributed by atoms with Crippen molar-refractivity contribution in [1.29, 1.82) is 0 Å². The fourth-order valence-corrected chi connectivity index (χ4v) is 4.84. The lowest BCUT2D eigenvalue weighted by Crippen LogP contribution is -2.53. The molecule has 3 heterocycles. The summed E-state index contributed by atoms with van der Waals surface area (Å²) in [4.78, 5) is 9.56. The van der Waals surface area contributed by atoms with E-state index in [-0.39, 0.29) is 0 Å². The summed E-state index contributed by atoms with van der Waals surface area (Å²) < 4.78 is 6.16. The van der Waals surface area contributed by atoms with Crippen LogP contribution >= 0.6 is 11.6 Å². The average molecular weight is 420 g/mol. The van der Waals surface area contributed by atoms with Gasteiger partial charge < -0.3 is 14.5 Å². The van der Waals surface area contributed by atoms with E-state index < -0.39 is 0 Å². The summed E-state index contributed by atoms with van der Waals surface area (Å²) in [7, 11) is 0. The molecule has 1 fully saturated rings. The molecule has 0 aliphatic carbocycles. The molecule has 154 valence electrons. The lowest BCUT2D eigenvalue weighted by molar-refractivity contribution is 0.244. The van der Waals surface area contributed by atoms with Crippen LogP contribution in [0.1, 0.15) is 18.4 Å². The number of hydrogen-bond acceptors (Lipinski definition) is 4. The van der Waals surface area contributed by atoms with Gasteiger partial charge >= 0.3 is 0 Å². The molecule has 5 rings (SSSR count). The van der Waals surface area contributed by atoms with Gasteiger partial charge in [-0.05, 0) is 61.2 Å². The highest BCUT2D eigenvalue weighted by molar-refractivity contribution is 6.30. The molecule has 3 aromatic rings. The van der Waals surface area contributed by atoms with Crippen molar-refractivity contribution in [3.63, 3.8) is 0 Å². The Morgan fingerprint density at radius 2 is 1.70 bits per heavy atom. The maximum atomic E-state index is 6.16. The van der Waals surface area contributed by atoms with Gasteiger partial charge in [0.25, 0.3) is 0 Å². The second-order valence-corrected chi connectivity index (χ2v) is 8.51. The van der Waals surface area contributed by atoms with E-state index >= 15 is 0 Å². The summed E-state index contributed by atoms with van der Waals surface area (Å²) in [6, 6.07) is 23.6. The highest BCUT2D eigenvalue weighted by atomic mass is 35.5. The molecule has 1 saturated heterocycles. The third kappa shape index (κ3) is 3.97. The van der Waals surface area contributed by atoms with E-state index in [1.807, 2.05) is 24.4 Å². The largest absolute Gasteiger partial charge is 0.489 e. The minimum absolute atomic E-state index is 0.312. The first-order valence-corrected chi connectivity index (χ1v) is 11.1. The number of rotatable bonds is 4. The number of hydrogen-bond donors (Lipinski definition) is 0. The minimum Gasteiger partial charge on any atom is -0.489 e. The standard InChI is InChI=1S/C25H26ClN3O/c26-20-10-8-19(9-11-20)17-22-18-30-24-6-2-1-5-23(24)29(22)21-12-15-28(16-13-21)25-7-3-4-14-27-25/h1-11,14,21-22H,12-13,15-18H2. The van der Waals surface area contributed by atoms with Gasteiger partial charge in [0.05, 0.1) is 11.7 Å². The van der Waals surface area contributed by atoms with Crippen molar-refractivity contribution in [2.45, 2.75) is 31.3 Å². The highest BCUT2D eigenvalue weighted by Crippen LogP contribution is 2.38. The van der Waals surface area contributed by atoms with Crippen LogP contribution in [0.3, 0.4) is 0 Å². The van der Waals surface area contributed by atoms with Crippen LogP contribution in [0.15, 0.2) is 72.9 Å². The lowest BCUT2D eigenvalue weighted by Gasteiger charge is -2.46. The Morgan fingerprint density at radius 1 is 0.933 bits per heavy atom. The molecule has 1 unspecified atom stereocenters. The molecule has 2 aromatic carbocycles. The molecule has 2 aliphatic heterocycles. The third-order valence-electron chi connectivity index (χ3n) is 6.18. The van der Waals surface area contributed by atoms with Crippen LogP contribution < -0.4 is 14.5 Å². The summed E-state index contributed by atoms with van der Waals surface area (Å²) in [5.74, 6) is 2.08. The Morgan fingerprint density at radius 3 is 2.47 bits per heavy atom. The molecule has 30 heavy (non-hydrogen) atoms. The molecule has 4 nitrogen and oxygen atoms in total. The summed E-state index contributed by atoms with van der Waals surface area (Å²) in [6.07, 6.45) is 5.05. The number of anilines is 2. The maximum Gasteiger partial charge on any atom is 0.142 e. The molecule has 1 atom stereocenters. The number of aromatic nitrogens is 1. The van der Waals surface area contributed by atoms with E-state index in [1.165, 1.54) is 11.3 Å². The van der Waals surface area contributed by atoms with Crippen LogP contribution in [0.2, 0.25) is 5.02 Å². The van der Waals surface area contributed by atoms with E-state index in [4.69, 9.17) is 16.3 Å². The Kier molecular flexibility index (Phi) is 5.50. The summed E-state index contributed by atoms with van der Waals surface area (Å²) in [6.45, 7) is 2.75. The van der Waals surface area contributed by atoms with Gasteiger partial charge in [-0.3, -0.25) is 0 Å². The fraction of sp³-hybridized carbons (Fsp3) is 0.320. The number of piperidine rings is 1. The van der Waals surface area contributed by atoms with E-state index in [0.717, 1.165) is 48.9 Å². The molecule has 0 spiro atoms. The summed E-state index contributed by atoms with van der Waals surface area (Å²) >= 11 is 6.09. The molecule has 5 heteroatoms. The van der Waals surface area contributed by atoms with Crippen molar-refractivity contribution in [2.24, 2.45) is 0 Å². The highest BCUT2D eigenvalue weighted by Gasteiger charge is 2.34. The van der Waals surface area contributed by atoms with Crippen LogP contribution in [-0.4, -0.2) is 36.8 Å². The summed E-state index contributed by atoms with van der Waals surface area (Å²) in [5.41, 5.74) is 2.52. The zero-order valence-electron chi connectivity index (χ0n) is 17.0. The zero-order valence-corrected chi connectivity index (χ0v) is 17.7. The first-order chi connectivity index (χ1) is 14.8. The molecule has 0 N–H and O–H groups in total. The quantitative estimate of drug-likeness (QED) is 0.580. The topological polar surface area (TPSA) is 28.6 Å². The van der Waals surface area contributed by atoms with Gasteiger partial charge in [0.15, 0.2) is 0 Å². The van der Waals surface area contributed by atoms with Crippen LogP contribution in [0.4, 0.5) is 11.5 Å². The van der Waals surface area contributed by atoms with Gasteiger partial charge in [-0.25, -0.2) is 4.98 Å². The number of nitrogens with zero attached hydrogens (tertiary/aromatic N) is 3. The van der Waals surface area contributed by atoms with E-state index in [2.05, 4.69) is 63.3 Å². The molecular formula is C25H26ClN3O. The van der Waals surface area contributed by atoms with Gasteiger partial charge in [0.2, 0.25) is 0 Å².